The maximum Gasteiger partial charge on any atom is 0.321 e. The summed E-state index contributed by atoms with van der Waals surface area (Å²) in [5.41, 5.74) is 0.343. The number of rotatable bonds is 5. The fourth-order valence-electron chi connectivity index (χ4n) is 2.65. The fourth-order valence-corrected chi connectivity index (χ4v) is 2.65. The van der Waals surface area contributed by atoms with E-state index >= 15 is 0 Å². The van der Waals surface area contributed by atoms with Crippen molar-refractivity contribution in [2.45, 2.75) is 39.5 Å². The third kappa shape index (κ3) is 3.19. The Balaban J connectivity index is 1.93. The largest absolute Gasteiger partial charge is 0.337 e. The molecule has 5 heteroatoms. The predicted octanol–water partition coefficient (Wildman–Crippen LogP) is 1.96. The molecule has 0 saturated carbocycles. The molecule has 1 unspecified atom stereocenters. The lowest BCUT2D eigenvalue weighted by atomic mass is 9.77. The van der Waals surface area contributed by atoms with E-state index in [4.69, 9.17) is 4.52 Å². The highest BCUT2D eigenvalue weighted by Gasteiger charge is 2.31. The average molecular weight is 238 g/mol. The highest BCUT2D eigenvalue weighted by molar-refractivity contribution is 5.19. The van der Waals surface area contributed by atoms with Crippen LogP contribution in [-0.4, -0.2) is 29.8 Å². The number of nitrogens with one attached hydrogen (secondary N) is 2. The van der Waals surface area contributed by atoms with Crippen LogP contribution in [0.1, 0.15) is 38.4 Å². The van der Waals surface area contributed by atoms with Gasteiger partial charge in [0, 0.05) is 18.5 Å². The smallest absolute Gasteiger partial charge is 0.321 e. The normalized spacial score (nSPS) is 24.8. The molecule has 0 amide bonds. The van der Waals surface area contributed by atoms with Crippen LogP contribution in [0.5, 0.6) is 0 Å². The summed E-state index contributed by atoms with van der Waals surface area (Å²) < 4.78 is 5.09. The van der Waals surface area contributed by atoms with Crippen LogP contribution < -0.4 is 10.6 Å². The Kier molecular flexibility index (Phi) is 3.99. The SMILES string of the molecule is CCCC1(CNc2nc(C)no2)CCCNC1. The molecule has 0 aromatic carbocycles. The first kappa shape index (κ1) is 12.4. The second-order valence-corrected chi connectivity index (χ2v) is 5.03. The van der Waals surface area contributed by atoms with Gasteiger partial charge in [0.15, 0.2) is 5.82 Å². The molecule has 2 N–H and O–H groups in total. The van der Waals surface area contributed by atoms with Gasteiger partial charge in [-0.1, -0.05) is 18.5 Å². The highest BCUT2D eigenvalue weighted by Crippen LogP contribution is 2.31. The van der Waals surface area contributed by atoms with E-state index in [1.54, 1.807) is 0 Å². The highest BCUT2D eigenvalue weighted by atomic mass is 16.5. The summed E-state index contributed by atoms with van der Waals surface area (Å²) in [4.78, 5) is 4.18. The molecule has 1 aliphatic heterocycles. The predicted molar refractivity (Wildman–Crippen MR) is 67.0 cm³/mol. The van der Waals surface area contributed by atoms with E-state index in [2.05, 4.69) is 27.7 Å². The summed E-state index contributed by atoms with van der Waals surface area (Å²) in [6.45, 7) is 7.22. The van der Waals surface area contributed by atoms with Gasteiger partial charge in [-0.15, -0.1) is 0 Å². The number of aryl methyl sites for hydroxylation is 1. The minimum Gasteiger partial charge on any atom is -0.337 e. The van der Waals surface area contributed by atoms with E-state index in [1.807, 2.05) is 6.92 Å². The Morgan fingerprint density at radius 1 is 1.53 bits per heavy atom. The molecule has 2 heterocycles. The molecular weight excluding hydrogens is 216 g/mol. The van der Waals surface area contributed by atoms with Gasteiger partial charge in [-0.2, -0.15) is 4.98 Å². The fraction of sp³-hybridized carbons (Fsp3) is 0.833. The van der Waals surface area contributed by atoms with Gasteiger partial charge in [-0.05, 0) is 32.7 Å². The lowest BCUT2D eigenvalue weighted by Gasteiger charge is -2.37. The van der Waals surface area contributed by atoms with E-state index in [-0.39, 0.29) is 0 Å². The molecule has 1 atom stereocenters. The van der Waals surface area contributed by atoms with Gasteiger partial charge >= 0.3 is 6.01 Å². The first-order valence-corrected chi connectivity index (χ1v) is 6.49. The van der Waals surface area contributed by atoms with Gasteiger partial charge in [0.2, 0.25) is 0 Å². The number of nitrogens with zero attached hydrogens (tertiary/aromatic N) is 2. The van der Waals surface area contributed by atoms with Crippen molar-refractivity contribution < 1.29 is 4.52 Å². The van der Waals surface area contributed by atoms with E-state index in [1.165, 1.54) is 25.7 Å². The molecule has 96 valence electrons. The Hall–Kier alpha value is -1.10. The van der Waals surface area contributed by atoms with Crippen LogP contribution in [0.15, 0.2) is 4.52 Å². The summed E-state index contributed by atoms with van der Waals surface area (Å²) in [5.74, 6) is 0.679. The lowest BCUT2D eigenvalue weighted by Crippen LogP contribution is -2.44. The molecule has 1 aromatic heterocycles. The molecule has 1 saturated heterocycles. The standard InChI is InChI=1S/C12H22N4O/c1-3-5-12(6-4-7-13-8-12)9-14-11-15-10(2)16-17-11/h13H,3-9H2,1-2H3,(H,14,15,16). The van der Waals surface area contributed by atoms with Crippen LogP contribution in [-0.2, 0) is 0 Å². The molecule has 1 aliphatic rings. The van der Waals surface area contributed by atoms with Crippen LogP contribution in [0.3, 0.4) is 0 Å². The second-order valence-electron chi connectivity index (χ2n) is 5.03. The van der Waals surface area contributed by atoms with Crippen molar-refractivity contribution in [1.82, 2.24) is 15.5 Å². The molecule has 0 aliphatic carbocycles. The Morgan fingerprint density at radius 2 is 2.41 bits per heavy atom. The van der Waals surface area contributed by atoms with Crippen molar-refractivity contribution in [2.24, 2.45) is 5.41 Å². The van der Waals surface area contributed by atoms with Crippen LogP contribution in [0.25, 0.3) is 0 Å². The Labute approximate surface area is 102 Å². The number of anilines is 1. The monoisotopic (exact) mass is 238 g/mol. The maximum absolute atomic E-state index is 5.09. The average Bonchev–Trinajstić information content (AvgIpc) is 2.75. The molecule has 17 heavy (non-hydrogen) atoms. The molecule has 0 bridgehead atoms. The molecule has 0 radical (unpaired) electrons. The van der Waals surface area contributed by atoms with Crippen molar-refractivity contribution in [3.05, 3.63) is 5.82 Å². The zero-order valence-corrected chi connectivity index (χ0v) is 10.8. The number of aromatic nitrogens is 2. The van der Waals surface area contributed by atoms with Gasteiger partial charge in [0.1, 0.15) is 0 Å². The molecule has 2 rings (SSSR count). The van der Waals surface area contributed by atoms with Crippen molar-refractivity contribution in [1.29, 1.82) is 0 Å². The maximum atomic E-state index is 5.09. The van der Waals surface area contributed by atoms with Crippen molar-refractivity contribution >= 4 is 6.01 Å². The first-order valence-electron chi connectivity index (χ1n) is 6.49. The Morgan fingerprint density at radius 3 is 3.00 bits per heavy atom. The summed E-state index contributed by atoms with van der Waals surface area (Å²) in [7, 11) is 0. The summed E-state index contributed by atoms with van der Waals surface area (Å²) in [6.07, 6.45) is 4.98. The number of hydrogen-bond donors (Lipinski definition) is 2. The van der Waals surface area contributed by atoms with Crippen LogP contribution in [0.4, 0.5) is 6.01 Å². The van der Waals surface area contributed by atoms with Crippen LogP contribution in [0, 0.1) is 12.3 Å². The van der Waals surface area contributed by atoms with Gasteiger partial charge < -0.3 is 15.2 Å². The quantitative estimate of drug-likeness (QED) is 0.821. The molecule has 1 aromatic rings. The van der Waals surface area contributed by atoms with Crippen LogP contribution in [0.2, 0.25) is 0 Å². The number of hydrogen-bond acceptors (Lipinski definition) is 5. The lowest BCUT2D eigenvalue weighted by molar-refractivity contribution is 0.204. The summed E-state index contributed by atoms with van der Waals surface area (Å²) in [6, 6.07) is 0.545. The van der Waals surface area contributed by atoms with Gasteiger partial charge in [-0.25, -0.2) is 0 Å². The topological polar surface area (TPSA) is 63.0 Å². The van der Waals surface area contributed by atoms with Crippen molar-refractivity contribution in [3.8, 4) is 0 Å². The van der Waals surface area contributed by atoms with Crippen molar-refractivity contribution in [2.75, 3.05) is 25.0 Å². The molecule has 5 nitrogen and oxygen atoms in total. The zero-order chi connectivity index (χ0) is 12.1. The molecular formula is C12H22N4O. The zero-order valence-electron chi connectivity index (χ0n) is 10.8. The van der Waals surface area contributed by atoms with E-state index in [0.717, 1.165) is 19.6 Å². The molecule has 1 fully saturated rings. The summed E-state index contributed by atoms with van der Waals surface area (Å²) >= 11 is 0. The minimum absolute atomic E-state index is 0.343. The van der Waals surface area contributed by atoms with E-state index in [9.17, 15) is 0 Å². The third-order valence-corrected chi connectivity index (χ3v) is 3.48. The Bertz CT molecular complexity index is 339. The van der Waals surface area contributed by atoms with Gasteiger partial charge in [0.05, 0.1) is 0 Å². The number of piperidine rings is 1. The van der Waals surface area contributed by atoms with Crippen LogP contribution >= 0.6 is 0 Å². The van der Waals surface area contributed by atoms with Gasteiger partial charge in [-0.3, -0.25) is 0 Å². The van der Waals surface area contributed by atoms with Crippen molar-refractivity contribution in [3.63, 3.8) is 0 Å². The molecule has 0 spiro atoms. The second kappa shape index (κ2) is 5.49. The summed E-state index contributed by atoms with van der Waals surface area (Å²) in [5, 5.41) is 10.6. The minimum atomic E-state index is 0.343. The third-order valence-electron chi connectivity index (χ3n) is 3.48. The van der Waals surface area contributed by atoms with E-state index < -0.39 is 0 Å². The van der Waals surface area contributed by atoms with E-state index in [0.29, 0.717) is 17.3 Å². The van der Waals surface area contributed by atoms with Gasteiger partial charge in [0.25, 0.3) is 0 Å². The first-order chi connectivity index (χ1) is 8.24.